The Hall–Kier alpha value is -3.08. The molecule has 0 N–H and O–H groups in total. The number of hydrogen-bond donors (Lipinski definition) is 0. The zero-order valence-corrected chi connectivity index (χ0v) is 21.9. The summed E-state index contributed by atoms with van der Waals surface area (Å²) in [5, 5.41) is 8.35. The van der Waals surface area contributed by atoms with Gasteiger partial charge in [-0.3, -0.25) is 0 Å². The molecule has 0 aliphatic heterocycles. The lowest BCUT2D eigenvalue weighted by molar-refractivity contribution is 0.355. The van der Waals surface area contributed by atoms with Crippen molar-refractivity contribution >= 4 is 6.08 Å². The molecule has 0 aliphatic carbocycles. The van der Waals surface area contributed by atoms with Crippen molar-refractivity contribution in [1.29, 1.82) is 0 Å². The monoisotopic (exact) mass is 464 g/mol. The molecule has 184 valence electrons. The molecule has 2 aromatic rings. The van der Waals surface area contributed by atoms with Crippen LogP contribution in [0.15, 0.2) is 63.1 Å². The van der Waals surface area contributed by atoms with Gasteiger partial charge >= 0.3 is 0 Å². The van der Waals surface area contributed by atoms with Crippen LogP contribution in [-0.4, -0.2) is 24.4 Å². The SMILES string of the molecule is COc1ccc(-c2nnc(/C=C(\C)CC/C=C(\C)CC/C=C(\C)CCC=C(C)C)o2)cc1OC. The lowest BCUT2D eigenvalue weighted by atomic mass is 10.0. The molecule has 0 saturated heterocycles. The summed E-state index contributed by atoms with van der Waals surface area (Å²) in [5.74, 6) is 2.26. The molecular formula is C29H40N2O3. The highest BCUT2D eigenvalue weighted by Gasteiger charge is 2.11. The topological polar surface area (TPSA) is 57.4 Å². The molecule has 0 radical (unpaired) electrons. The Morgan fingerprint density at radius 3 is 1.94 bits per heavy atom. The number of methoxy groups -OCH3 is 2. The standard InChI is InChI=1S/C29H40N2O3/c1-21(2)11-8-12-22(3)13-9-14-23(4)15-10-16-24(5)19-28-30-31-29(34-28)25-17-18-26(32-6)27(20-25)33-7/h11,13,15,17-20H,8-10,12,14,16H2,1-7H3/b22-13+,23-15+,24-19+. The summed E-state index contributed by atoms with van der Waals surface area (Å²) in [5.41, 5.74) is 6.32. The first-order valence-corrected chi connectivity index (χ1v) is 12.0. The number of ether oxygens (including phenoxy) is 2. The van der Waals surface area contributed by atoms with Crippen LogP contribution in [-0.2, 0) is 0 Å². The maximum Gasteiger partial charge on any atom is 0.248 e. The molecule has 0 aliphatic rings. The van der Waals surface area contributed by atoms with Crippen LogP contribution in [0.3, 0.4) is 0 Å². The minimum atomic E-state index is 0.458. The van der Waals surface area contributed by atoms with Gasteiger partial charge in [-0.15, -0.1) is 10.2 Å². The molecular weight excluding hydrogens is 424 g/mol. The fraction of sp³-hybridized carbons (Fsp3) is 0.448. The average Bonchev–Trinajstić information content (AvgIpc) is 3.26. The minimum Gasteiger partial charge on any atom is -0.493 e. The largest absolute Gasteiger partial charge is 0.493 e. The number of nitrogens with zero attached hydrogens (tertiary/aromatic N) is 2. The Balaban J connectivity index is 1.84. The van der Waals surface area contributed by atoms with Gasteiger partial charge in [-0.2, -0.15) is 0 Å². The average molecular weight is 465 g/mol. The van der Waals surface area contributed by atoms with E-state index in [0.29, 0.717) is 23.3 Å². The van der Waals surface area contributed by atoms with E-state index in [4.69, 9.17) is 13.9 Å². The molecule has 34 heavy (non-hydrogen) atoms. The van der Waals surface area contributed by atoms with Crippen LogP contribution in [0.2, 0.25) is 0 Å². The molecule has 5 nitrogen and oxygen atoms in total. The summed E-state index contributed by atoms with van der Waals surface area (Å²) >= 11 is 0. The van der Waals surface area contributed by atoms with Crippen molar-refractivity contribution in [3.63, 3.8) is 0 Å². The third-order valence-electron chi connectivity index (χ3n) is 5.60. The summed E-state index contributed by atoms with van der Waals surface area (Å²) in [4.78, 5) is 0. The Bertz CT molecular complexity index is 1040. The number of aromatic nitrogens is 2. The lowest BCUT2D eigenvalue weighted by Gasteiger charge is -2.07. The third kappa shape index (κ3) is 9.42. The van der Waals surface area contributed by atoms with Crippen molar-refractivity contribution in [3.8, 4) is 23.0 Å². The van der Waals surface area contributed by atoms with Gasteiger partial charge in [-0.05, 0) is 91.3 Å². The highest BCUT2D eigenvalue weighted by Crippen LogP contribution is 2.32. The van der Waals surface area contributed by atoms with E-state index in [1.165, 1.54) is 22.3 Å². The van der Waals surface area contributed by atoms with Crippen molar-refractivity contribution in [2.45, 2.75) is 73.1 Å². The van der Waals surface area contributed by atoms with E-state index in [0.717, 1.165) is 44.1 Å². The molecule has 1 aromatic carbocycles. The summed E-state index contributed by atoms with van der Waals surface area (Å²) in [6.45, 7) is 10.9. The third-order valence-corrected chi connectivity index (χ3v) is 5.60. The van der Waals surface area contributed by atoms with E-state index in [1.54, 1.807) is 14.2 Å². The fourth-order valence-corrected chi connectivity index (χ4v) is 3.55. The van der Waals surface area contributed by atoms with Gasteiger partial charge in [0, 0.05) is 11.6 Å². The highest BCUT2D eigenvalue weighted by atomic mass is 16.5. The minimum absolute atomic E-state index is 0.458. The van der Waals surface area contributed by atoms with Gasteiger partial charge in [-0.1, -0.05) is 40.5 Å². The lowest BCUT2D eigenvalue weighted by Crippen LogP contribution is -1.90. The number of hydrogen-bond acceptors (Lipinski definition) is 5. The second kappa shape index (κ2) is 14.2. The maximum atomic E-state index is 5.84. The zero-order valence-electron chi connectivity index (χ0n) is 21.9. The van der Waals surface area contributed by atoms with Gasteiger partial charge in [0.05, 0.1) is 14.2 Å². The normalized spacial score (nSPS) is 12.6. The summed E-state index contributed by atoms with van der Waals surface area (Å²) in [6.07, 6.45) is 15.5. The molecule has 0 unspecified atom stereocenters. The molecule has 1 heterocycles. The van der Waals surface area contributed by atoms with Gasteiger partial charge in [0.25, 0.3) is 0 Å². The Labute approximate surface area is 205 Å². The van der Waals surface area contributed by atoms with Crippen molar-refractivity contribution in [2.24, 2.45) is 0 Å². The van der Waals surface area contributed by atoms with Crippen LogP contribution < -0.4 is 9.47 Å². The first kappa shape index (κ1) is 27.2. The van der Waals surface area contributed by atoms with E-state index < -0.39 is 0 Å². The van der Waals surface area contributed by atoms with Crippen molar-refractivity contribution in [2.75, 3.05) is 14.2 Å². The Morgan fingerprint density at radius 1 is 0.765 bits per heavy atom. The highest BCUT2D eigenvalue weighted by molar-refractivity contribution is 5.60. The van der Waals surface area contributed by atoms with Crippen LogP contribution in [0.25, 0.3) is 17.5 Å². The molecule has 1 aromatic heterocycles. The van der Waals surface area contributed by atoms with Gasteiger partial charge in [0.15, 0.2) is 11.5 Å². The van der Waals surface area contributed by atoms with E-state index in [2.05, 4.69) is 63.0 Å². The molecule has 2 rings (SSSR count). The van der Waals surface area contributed by atoms with E-state index >= 15 is 0 Å². The van der Waals surface area contributed by atoms with Crippen LogP contribution in [0, 0.1) is 0 Å². The predicted molar refractivity (Wildman–Crippen MR) is 141 cm³/mol. The van der Waals surface area contributed by atoms with Gasteiger partial charge < -0.3 is 13.9 Å². The summed E-state index contributed by atoms with van der Waals surface area (Å²) in [7, 11) is 3.22. The van der Waals surface area contributed by atoms with Gasteiger partial charge in [0.2, 0.25) is 11.8 Å². The quantitative estimate of drug-likeness (QED) is 0.279. The molecule has 0 amide bonds. The van der Waals surface area contributed by atoms with Crippen LogP contribution in [0.1, 0.15) is 79.0 Å². The second-order valence-electron chi connectivity index (χ2n) is 9.00. The van der Waals surface area contributed by atoms with E-state index in [1.807, 2.05) is 24.3 Å². The smallest absolute Gasteiger partial charge is 0.248 e. The maximum absolute atomic E-state index is 5.84. The number of rotatable bonds is 13. The van der Waals surface area contributed by atoms with Crippen LogP contribution >= 0.6 is 0 Å². The van der Waals surface area contributed by atoms with Crippen molar-refractivity contribution < 1.29 is 13.9 Å². The van der Waals surface area contributed by atoms with Crippen LogP contribution in [0.4, 0.5) is 0 Å². The summed E-state index contributed by atoms with van der Waals surface area (Å²) in [6, 6.07) is 5.54. The van der Waals surface area contributed by atoms with E-state index in [-0.39, 0.29) is 0 Å². The molecule has 5 heteroatoms. The molecule has 0 fully saturated rings. The predicted octanol–water partition coefficient (Wildman–Crippen LogP) is 8.36. The first-order valence-electron chi connectivity index (χ1n) is 12.0. The van der Waals surface area contributed by atoms with Gasteiger partial charge in [-0.25, -0.2) is 0 Å². The van der Waals surface area contributed by atoms with Crippen molar-refractivity contribution in [3.05, 3.63) is 64.6 Å². The number of allylic oxidation sites excluding steroid dienone is 7. The fourth-order valence-electron chi connectivity index (χ4n) is 3.55. The molecule has 0 atom stereocenters. The van der Waals surface area contributed by atoms with Gasteiger partial charge in [0.1, 0.15) is 0 Å². The van der Waals surface area contributed by atoms with Crippen molar-refractivity contribution in [1.82, 2.24) is 10.2 Å². The molecule has 0 spiro atoms. The number of benzene rings is 1. The second-order valence-corrected chi connectivity index (χ2v) is 9.00. The molecule has 0 bridgehead atoms. The Morgan fingerprint density at radius 2 is 1.35 bits per heavy atom. The van der Waals surface area contributed by atoms with E-state index in [9.17, 15) is 0 Å². The van der Waals surface area contributed by atoms with Crippen LogP contribution in [0.5, 0.6) is 11.5 Å². The summed E-state index contributed by atoms with van der Waals surface area (Å²) < 4.78 is 16.5. The zero-order chi connectivity index (χ0) is 24.9. The Kier molecular flexibility index (Phi) is 11.4. The molecule has 0 saturated carbocycles. The first-order chi connectivity index (χ1) is 16.3.